The molecule has 2 saturated heterocycles. The van der Waals surface area contributed by atoms with Crippen LogP contribution in [-0.2, 0) is 78.4 Å². The number of aromatic hydroxyl groups is 1. The average molecular weight is 1230 g/mol. The van der Waals surface area contributed by atoms with Crippen molar-refractivity contribution in [3.8, 4) is 5.75 Å². The number of hydrogen-bond acceptors (Lipinski definition) is 14. The first-order chi connectivity index (χ1) is 42.5. The predicted molar refractivity (Wildman–Crippen MR) is 329 cm³/mol. The minimum absolute atomic E-state index is 0.0120. The monoisotopic (exact) mass is 1230 g/mol. The second-order valence-electron chi connectivity index (χ2n) is 23.6. The quantitative estimate of drug-likeness (QED) is 0.0626. The van der Waals surface area contributed by atoms with Crippen LogP contribution in [-0.4, -0.2) is 154 Å². The third-order valence-electron chi connectivity index (χ3n) is 15.6. The van der Waals surface area contributed by atoms with Crippen LogP contribution in [0.4, 0.5) is 0 Å². The maximum absolute atomic E-state index is 15.2. The molecule has 4 aromatic rings. The van der Waals surface area contributed by atoms with E-state index in [1.165, 1.54) is 29.2 Å². The molecule has 4 aromatic carbocycles. The first kappa shape index (κ1) is 69.1. The van der Waals surface area contributed by atoms with Crippen molar-refractivity contribution in [3.63, 3.8) is 0 Å². The van der Waals surface area contributed by atoms with Gasteiger partial charge in [-0.25, -0.2) is 0 Å². The SMILES string of the molecule is CC(C)C[C@H]1NC(=O)[C@H](CCCN)NC(=O)[C@H](C(C)C)NC(=O)[C@@H](Cc2ccc(O)cc2)N[C@H](CCC(=O)O)C(=O)N[C@@H](CC(N)=O)C(=O)[C@@H](Cc2ccccc2)NC(=O)[C@H](Cc2ccccc2)NC(=O)[C@@H]2CCCN2C(=O)[C@@H](Cc2ccccc2)NC1=O. The van der Waals surface area contributed by atoms with Gasteiger partial charge in [0, 0.05) is 25.8 Å². The van der Waals surface area contributed by atoms with Gasteiger partial charge in [-0.05, 0) is 104 Å². The minimum Gasteiger partial charge on any atom is -0.508 e. The van der Waals surface area contributed by atoms with Crippen molar-refractivity contribution in [1.29, 1.82) is 0 Å². The molecule has 0 radical (unpaired) electrons. The molecule has 478 valence electrons. The molecule has 9 amide bonds. The van der Waals surface area contributed by atoms with E-state index in [9.17, 15) is 48.6 Å². The standard InChI is InChI=1S/C65H85N11O13/c1-38(2)32-49-60(84)74-52(36-42-20-12-7-13-21-42)65(89)76-31-15-23-53(76)63(87)73-51(34-41-18-10-6-11-19-41)61(85)70-47(33-40-16-8-5-9-17-40)57(81)48(37-54(67)78)71-59(83)46(28-29-55(79)80)68-50(35-43-24-26-44(77)27-25-43)62(86)75-56(39(3)4)64(88)69-45(22-14-30-66)58(82)72-49/h5-13,16-21,24-27,38-39,45-53,56,68,77H,14-15,22-23,28-37,66H2,1-4H3,(H2,67,78)(H,69,88)(H,70,85)(H,71,83)(H,72,82)(H,73,87)(H,74,84)(H,75,86)(H,79,80)/t45-,46+,47+,48-,49+,50+,51-,52+,53-,56-/m0/s1. The number of ketones is 1. The fourth-order valence-corrected chi connectivity index (χ4v) is 10.9. The van der Waals surface area contributed by atoms with E-state index in [0.29, 0.717) is 28.7 Å². The van der Waals surface area contributed by atoms with Crippen LogP contribution in [0.1, 0.15) is 101 Å². The number of Topliss-reactive ketones (excluding diaryl/α,β-unsaturated/α-hetero) is 1. The van der Waals surface area contributed by atoms with Crippen LogP contribution in [0.15, 0.2) is 115 Å². The van der Waals surface area contributed by atoms with Crippen LogP contribution in [0, 0.1) is 11.8 Å². The molecule has 0 bridgehead atoms. The lowest BCUT2D eigenvalue weighted by molar-refractivity contribution is -0.142. The molecule has 2 heterocycles. The third kappa shape index (κ3) is 21.4. The number of hydrogen-bond donors (Lipinski definition) is 12. The third-order valence-corrected chi connectivity index (χ3v) is 15.6. The molecule has 2 fully saturated rings. The largest absolute Gasteiger partial charge is 0.508 e. The van der Waals surface area contributed by atoms with E-state index in [4.69, 9.17) is 11.5 Å². The van der Waals surface area contributed by atoms with E-state index in [0.717, 1.165) is 0 Å². The van der Waals surface area contributed by atoms with Gasteiger partial charge in [0.2, 0.25) is 53.2 Å². The maximum Gasteiger partial charge on any atom is 0.303 e. The Morgan fingerprint density at radius 3 is 1.54 bits per heavy atom. The molecule has 0 unspecified atom stereocenters. The van der Waals surface area contributed by atoms with Gasteiger partial charge in [-0.1, -0.05) is 131 Å². The molecule has 0 saturated carbocycles. The average Bonchev–Trinajstić information content (AvgIpc) is 3.53. The van der Waals surface area contributed by atoms with E-state index in [-0.39, 0.29) is 76.1 Å². The number of carbonyl (C=O) groups is 11. The first-order valence-corrected chi connectivity index (χ1v) is 30.3. The smallest absolute Gasteiger partial charge is 0.303 e. The zero-order valence-electron chi connectivity index (χ0n) is 50.8. The maximum atomic E-state index is 15.2. The number of carboxylic acid groups (broad SMARTS) is 1. The Morgan fingerprint density at radius 2 is 0.989 bits per heavy atom. The van der Waals surface area contributed by atoms with E-state index in [1.807, 2.05) is 13.8 Å². The van der Waals surface area contributed by atoms with Gasteiger partial charge in [0.1, 0.15) is 42.0 Å². The topological polar surface area (TPSA) is 380 Å². The van der Waals surface area contributed by atoms with Gasteiger partial charge in [-0.3, -0.25) is 58.1 Å². The molecule has 2 aliphatic rings. The first-order valence-electron chi connectivity index (χ1n) is 30.3. The highest BCUT2D eigenvalue weighted by Crippen LogP contribution is 2.22. The van der Waals surface area contributed by atoms with Gasteiger partial charge in [0.25, 0.3) is 0 Å². The van der Waals surface area contributed by atoms with Gasteiger partial charge >= 0.3 is 5.97 Å². The molecule has 6 rings (SSSR count). The molecular weight excluding hydrogens is 1140 g/mol. The summed E-state index contributed by atoms with van der Waals surface area (Å²) in [6.45, 7) is 7.13. The molecule has 89 heavy (non-hydrogen) atoms. The number of nitrogens with zero attached hydrogens (tertiary/aromatic N) is 1. The number of primary amides is 1. The van der Waals surface area contributed by atoms with Gasteiger partial charge in [0.05, 0.1) is 30.6 Å². The second-order valence-corrected chi connectivity index (χ2v) is 23.6. The lowest BCUT2D eigenvalue weighted by Crippen LogP contribution is -2.62. The minimum atomic E-state index is -1.79. The van der Waals surface area contributed by atoms with Gasteiger partial charge in [-0.15, -0.1) is 0 Å². The summed E-state index contributed by atoms with van der Waals surface area (Å²) in [6, 6.07) is 17.5. The highest BCUT2D eigenvalue weighted by atomic mass is 16.4. The number of carbonyl (C=O) groups excluding carboxylic acids is 10. The van der Waals surface area contributed by atoms with Gasteiger partial charge in [-0.2, -0.15) is 0 Å². The summed E-state index contributed by atoms with van der Waals surface area (Å²) in [5.41, 5.74) is 13.9. The van der Waals surface area contributed by atoms with E-state index in [1.54, 1.807) is 105 Å². The molecule has 0 aromatic heterocycles. The zero-order valence-corrected chi connectivity index (χ0v) is 50.8. The summed E-state index contributed by atoms with van der Waals surface area (Å²) in [5.74, 6) is -10.7. The number of amides is 9. The zero-order chi connectivity index (χ0) is 64.7. The molecule has 14 N–H and O–H groups in total. The fourth-order valence-electron chi connectivity index (χ4n) is 10.9. The lowest BCUT2D eigenvalue weighted by Gasteiger charge is -2.32. The van der Waals surface area contributed by atoms with Crippen molar-refractivity contribution in [2.24, 2.45) is 23.3 Å². The van der Waals surface area contributed by atoms with Crippen molar-refractivity contribution in [2.45, 2.75) is 165 Å². The Balaban J connectivity index is 1.49. The number of aliphatic carboxylic acids is 1. The van der Waals surface area contributed by atoms with Crippen molar-refractivity contribution >= 4 is 64.9 Å². The predicted octanol–water partition coefficient (Wildman–Crippen LogP) is 1.14. The molecule has 2 aliphatic heterocycles. The number of phenols is 1. The summed E-state index contributed by atoms with van der Waals surface area (Å²) in [5, 5.41) is 42.4. The number of carboxylic acids is 1. The van der Waals surface area contributed by atoms with Gasteiger partial charge in [0.15, 0.2) is 5.78 Å². The molecule has 0 spiro atoms. The van der Waals surface area contributed by atoms with Crippen LogP contribution < -0.4 is 54.0 Å². The van der Waals surface area contributed by atoms with Crippen LogP contribution >= 0.6 is 0 Å². The summed E-state index contributed by atoms with van der Waals surface area (Å²) < 4.78 is 0. The second kappa shape index (κ2) is 33.9. The fraction of sp³-hybridized carbons (Fsp3) is 0.462. The molecule has 24 nitrogen and oxygen atoms in total. The Hall–Kier alpha value is -9.03. The highest BCUT2D eigenvalue weighted by Gasteiger charge is 2.42. The molecule has 0 aliphatic carbocycles. The van der Waals surface area contributed by atoms with Crippen LogP contribution in [0.3, 0.4) is 0 Å². The van der Waals surface area contributed by atoms with Crippen molar-refractivity contribution < 1.29 is 63.0 Å². The number of nitrogens with two attached hydrogens (primary N) is 2. The Morgan fingerprint density at radius 1 is 0.528 bits per heavy atom. The van der Waals surface area contributed by atoms with Crippen molar-refractivity contribution in [2.75, 3.05) is 13.1 Å². The molecule has 24 heteroatoms. The van der Waals surface area contributed by atoms with E-state index in [2.05, 4.69) is 42.5 Å². The highest BCUT2D eigenvalue weighted by molar-refractivity contribution is 6.01. The van der Waals surface area contributed by atoms with Crippen molar-refractivity contribution in [1.82, 2.24) is 47.4 Å². The normalized spacial score (nSPS) is 24.2. The Labute approximate surface area is 518 Å². The number of phenolic OH excluding ortho intramolecular Hbond substituents is 1. The number of benzene rings is 4. The molecular formula is C65H85N11O13. The van der Waals surface area contributed by atoms with Crippen LogP contribution in [0.25, 0.3) is 0 Å². The van der Waals surface area contributed by atoms with Crippen LogP contribution in [0.5, 0.6) is 5.75 Å². The lowest BCUT2D eigenvalue weighted by atomic mass is 9.94. The van der Waals surface area contributed by atoms with Crippen molar-refractivity contribution in [3.05, 3.63) is 138 Å². The summed E-state index contributed by atoms with van der Waals surface area (Å²) in [7, 11) is 0. The molecule has 10 atom stereocenters. The Kier molecular flexibility index (Phi) is 26.3. The summed E-state index contributed by atoms with van der Waals surface area (Å²) in [4.78, 5) is 160. The van der Waals surface area contributed by atoms with Gasteiger partial charge < -0.3 is 63.8 Å². The summed E-state index contributed by atoms with van der Waals surface area (Å²) >= 11 is 0. The number of fused-ring (bicyclic) bond motifs is 1. The van der Waals surface area contributed by atoms with E-state index >= 15 is 14.4 Å². The number of rotatable bonds is 19. The number of nitrogens with one attached hydrogen (secondary N) is 8. The Bertz CT molecular complexity index is 3080. The van der Waals surface area contributed by atoms with Crippen LogP contribution in [0.2, 0.25) is 0 Å². The van der Waals surface area contributed by atoms with E-state index < -0.39 is 151 Å². The summed E-state index contributed by atoms with van der Waals surface area (Å²) in [6.07, 6.45) is -1.74.